The van der Waals surface area contributed by atoms with E-state index in [0.717, 1.165) is 32.1 Å². The first-order chi connectivity index (χ1) is 11.9. The van der Waals surface area contributed by atoms with Gasteiger partial charge in [-0.2, -0.15) is 13.2 Å². The number of alkyl halides is 3. The van der Waals surface area contributed by atoms with Gasteiger partial charge in [0, 0.05) is 5.39 Å². The van der Waals surface area contributed by atoms with Crippen LogP contribution in [0.2, 0.25) is 0 Å². The summed E-state index contributed by atoms with van der Waals surface area (Å²) in [5, 5.41) is 0.376. The van der Waals surface area contributed by atoms with Crippen molar-refractivity contribution in [3.8, 4) is 11.6 Å². The molecule has 25 heavy (non-hydrogen) atoms. The highest BCUT2D eigenvalue weighted by atomic mass is 19.4. The predicted molar refractivity (Wildman–Crippen MR) is 86.2 cm³/mol. The zero-order valence-electron chi connectivity index (χ0n) is 13.7. The lowest BCUT2D eigenvalue weighted by Crippen LogP contribution is -2.27. The van der Waals surface area contributed by atoms with E-state index in [4.69, 9.17) is 9.47 Å². The number of pyridine rings is 1. The summed E-state index contributed by atoms with van der Waals surface area (Å²) in [7, 11) is 1.19. The summed E-state index contributed by atoms with van der Waals surface area (Å²) < 4.78 is 50.3. The van der Waals surface area contributed by atoms with Crippen molar-refractivity contribution in [2.45, 2.75) is 44.4 Å². The third-order valence-electron chi connectivity index (χ3n) is 4.33. The molecule has 7 heteroatoms. The fourth-order valence-electron chi connectivity index (χ4n) is 3.12. The maximum absolute atomic E-state index is 13.1. The average Bonchev–Trinajstić information content (AvgIpc) is 2.61. The molecular formula is C18H18F3NO3. The third kappa shape index (κ3) is 3.55. The highest BCUT2D eigenvalue weighted by Crippen LogP contribution is 2.40. The Morgan fingerprint density at radius 2 is 1.84 bits per heavy atom. The largest absolute Gasteiger partial charge is 0.489 e. The number of aromatic nitrogens is 1. The van der Waals surface area contributed by atoms with Crippen molar-refractivity contribution >= 4 is 16.7 Å². The Morgan fingerprint density at radius 3 is 2.48 bits per heavy atom. The van der Waals surface area contributed by atoms with Crippen molar-refractivity contribution in [3.05, 3.63) is 29.8 Å². The topological polar surface area (TPSA) is 48.4 Å². The highest BCUT2D eigenvalue weighted by Gasteiger charge is 2.44. The van der Waals surface area contributed by atoms with E-state index in [2.05, 4.69) is 4.98 Å². The molecule has 1 heterocycles. The number of hydrogen-bond donors (Lipinski definition) is 0. The van der Waals surface area contributed by atoms with Crippen LogP contribution in [-0.2, 0) is 0 Å². The molecule has 0 saturated heterocycles. The molecule has 4 nitrogen and oxygen atoms in total. The van der Waals surface area contributed by atoms with Gasteiger partial charge in [0.1, 0.15) is 11.3 Å². The molecule has 1 aliphatic rings. The van der Waals surface area contributed by atoms with Crippen LogP contribution in [0.3, 0.4) is 0 Å². The maximum Gasteiger partial charge on any atom is 0.455 e. The number of benzene rings is 1. The molecule has 0 N–H and O–H groups in total. The lowest BCUT2D eigenvalue weighted by atomic mass is 9.97. The van der Waals surface area contributed by atoms with Gasteiger partial charge in [-0.1, -0.05) is 18.6 Å². The molecule has 3 rings (SSSR count). The average molecular weight is 353 g/mol. The van der Waals surface area contributed by atoms with E-state index in [1.807, 2.05) is 0 Å². The number of halogens is 3. The Kier molecular flexibility index (Phi) is 4.83. The summed E-state index contributed by atoms with van der Waals surface area (Å²) in [5.41, 5.74) is -0.233. The molecule has 0 unspecified atom stereocenters. The van der Waals surface area contributed by atoms with Gasteiger partial charge in [0.2, 0.25) is 5.88 Å². The second-order valence-corrected chi connectivity index (χ2v) is 6.05. The molecule has 0 bridgehead atoms. The standard InChI is InChI=1S/C18H18F3NO3/c1-24-17-14(16(23)18(19,20)21)15(25-11-7-3-2-4-8-11)12-9-5-6-10-13(12)22-17/h5-6,9-11H,2-4,7-8H2,1H3. The van der Waals surface area contributed by atoms with Gasteiger partial charge in [0.05, 0.1) is 18.7 Å². The number of hydrogen-bond acceptors (Lipinski definition) is 4. The summed E-state index contributed by atoms with van der Waals surface area (Å²) in [4.78, 5) is 16.1. The van der Waals surface area contributed by atoms with Gasteiger partial charge >= 0.3 is 6.18 Å². The number of Topliss-reactive ketones (excluding diaryl/α,β-unsaturated/α-hetero) is 1. The molecule has 0 radical (unpaired) electrons. The minimum Gasteiger partial charge on any atom is -0.489 e. The Labute approximate surface area is 142 Å². The van der Waals surface area contributed by atoms with Crippen molar-refractivity contribution in [3.63, 3.8) is 0 Å². The van der Waals surface area contributed by atoms with Crippen LogP contribution in [0.5, 0.6) is 11.6 Å². The Hall–Kier alpha value is -2.31. The van der Waals surface area contributed by atoms with Gasteiger partial charge in [0.15, 0.2) is 0 Å². The van der Waals surface area contributed by atoms with Gasteiger partial charge in [0.25, 0.3) is 5.78 Å². The quantitative estimate of drug-likeness (QED) is 0.748. The molecule has 0 aliphatic heterocycles. The summed E-state index contributed by atoms with van der Waals surface area (Å²) >= 11 is 0. The molecule has 2 aromatic rings. The van der Waals surface area contributed by atoms with E-state index in [1.54, 1.807) is 24.3 Å². The van der Waals surface area contributed by atoms with Gasteiger partial charge in [-0.3, -0.25) is 4.79 Å². The Morgan fingerprint density at radius 1 is 1.16 bits per heavy atom. The number of carbonyl (C=O) groups is 1. The summed E-state index contributed by atoms with van der Waals surface area (Å²) in [6.45, 7) is 0. The van der Waals surface area contributed by atoms with E-state index >= 15 is 0 Å². The van der Waals surface area contributed by atoms with Gasteiger partial charge < -0.3 is 9.47 Å². The van der Waals surface area contributed by atoms with E-state index in [9.17, 15) is 18.0 Å². The van der Waals surface area contributed by atoms with Crippen LogP contribution in [0, 0.1) is 0 Å². The second-order valence-electron chi connectivity index (χ2n) is 6.05. The van der Waals surface area contributed by atoms with Gasteiger partial charge in [-0.05, 0) is 37.8 Å². The number of fused-ring (bicyclic) bond motifs is 1. The van der Waals surface area contributed by atoms with Crippen molar-refractivity contribution in [2.24, 2.45) is 0 Å². The highest BCUT2D eigenvalue weighted by molar-refractivity contribution is 6.08. The van der Waals surface area contributed by atoms with E-state index < -0.39 is 17.5 Å². The van der Waals surface area contributed by atoms with Gasteiger partial charge in [-0.15, -0.1) is 0 Å². The van der Waals surface area contributed by atoms with Crippen molar-refractivity contribution < 1.29 is 27.4 Å². The van der Waals surface area contributed by atoms with Crippen LogP contribution < -0.4 is 9.47 Å². The lowest BCUT2D eigenvalue weighted by molar-refractivity contribution is -0.0889. The van der Waals surface area contributed by atoms with Crippen LogP contribution in [0.4, 0.5) is 13.2 Å². The van der Waals surface area contributed by atoms with E-state index in [0.29, 0.717) is 10.9 Å². The van der Waals surface area contributed by atoms with Crippen LogP contribution >= 0.6 is 0 Å². The first kappa shape index (κ1) is 17.5. The van der Waals surface area contributed by atoms with Gasteiger partial charge in [-0.25, -0.2) is 4.98 Å². The van der Waals surface area contributed by atoms with Crippen LogP contribution in [0.25, 0.3) is 10.9 Å². The van der Waals surface area contributed by atoms with Crippen LogP contribution in [0.15, 0.2) is 24.3 Å². The number of methoxy groups -OCH3 is 1. The summed E-state index contributed by atoms with van der Waals surface area (Å²) in [6, 6.07) is 6.64. The molecule has 1 aromatic carbocycles. The molecule has 0 amide bonds. The van der Waals surface area contributed by atoms with E-state index in [-0.39, 0.29) is 17.7 Å². The minimum absolute atomic E-state index is 0.0864. The number of ether oxygens (including phenoxy) is 2. The maximum atomic E-state index is 13.1. The van der Waals surface area contributed by atoms with Crippen molar-refractivity contribution in [2.75, 3.05) is 7.11 Å². The fraction of sp³-hybridized carbons (Fsp3) is 0.444. The number of rotatable bonds is 4. The number of nitrogens with zero attached hydrogens (tertiary/aromatic N) is 1. The fourth-order valence-corrected chi connectivity index (χ4v) is 3.12. The molecule has 1 aliphatic carbocycles. The molecule has 1 saturated carbocycles. The molecule has 134 valence electrons. The number of ketones is 1. The monoisotopic (exact) mass is 353 g/mol. The smallest absolute Gasteiger partial charge is 0.455 e. The van der Waals surface area contributed by atoms with Crippen molar-refractivity contribution in [1.29, 1.82) is 0 Å². The molecular weight excluding hydrogens is 335 g/mol. The molecule has 0 spiro atoms. The van der Waals surface area contributed by atoms with E-state index in [1.165, 1.54) is 7.11 Å². The second kappa shape index (κ2) is 6.90. The summed E-state index contributed by atoms with van der Waals surface area (Å²) in [6.07, 6.45) is -0.779. The molecule has 1 aromatic heterocycles. The SMILES string of the molecule is COc1nc2ccccc2c(OC2CCCCC2)c1C(=O)C(F)(F)F. The number of para-hydroxylation sites is 1. The first-order valence-corrected chi connectivity index (χ1v) is 8.16. The van der Waals surface area contributed by atoms with Crippen LogP contribution in [-0.4, -0.2) is 30.2 Å². The molecule has 1 fully saturated rings. The zero-order chi connectivity index (χ0) is 18.0. The van der Waals surface area contributed by atoms with Crippen LogP contribution in [0.1, 0.15) is 42.5 Å². The first-order valence-electron chi connectivity index (χ1n) is 8.16. The normalized spacial score (nSPS) is 16.0. The molecule has 0 atom stereocenters. The predicted octanol–water partition coefficient (Wildman–Crippen LogP) is 4.70. The lowest BCUT2D eigenvalue weighted by Gasteiger charge is -2.25. The Bertz CT molecular complexity index is 783. The third-order valence-corrected chi connectivity index (χ3v) is 4.33. The minimum atomic E-state index is -5.04. The summed E-state index contributed by atoms with van der Waals surface area (Å²) in [5.74, 6) is -2.46. The zero-order valence-corrected chi connectivity index (χ0v) is 13.7. The number of carbonyl (C=O) groups excluding carboxylic acids is 1. The Balaban J connectivity index is 2.19. The van der Waals surface area contributed by atoms with Crippen molar-refractivity contribution in [1.82, 2.24) is 4.98 Å².